The molecule has 1 aromatic heterocycles. The Bertz CT molecular complexity index is 672. The summed E-state index contributed by atoms with van der Waals surface area (Å²) in [6.07, 6.45) is -0.825. The van der Waals surface area contributed by atoms with Crippen molar-refractivity contribution in [3.63, 3.8) is 0 Å². The Labute approximate surface area is 111 Å². The van der Waals surface area contributed by atoms with Crippen LogP contribution in [0.5, 0.6) is 0 Å². The highest BCUT2D eigenvalue weighted by Gasteiger charge is 2.51. The van der Waals surface area contributed by atoms with E-state index in [9.17, 15) is 0 Å². The summed E-state index contributed by atoms with van der Waals surface area (Å²) in [5.74, 6) is 0. The summed E-state index contributed by atoms with van der Waals surface area (Å²) in [4.78, 5) is 3.71. The molecule has 0 spiro atoms. The third kappa shape index (κ3) is 2.15. The average Bonchev–Trinajstić information content (AvgIpc) is 2.56. The van der Waals surface area contributed by atoms with Gasteiger partial charge in [-0.05, 0) is 33.3 Å². The fraction of sp³-hybridized carbons (Fsp3) is 0.462. The maximum atomic E-state index is 8.21. The average molecular weight is 237 g/mol. The molecular weight excluding hydrogens is 213 g/mol. The van der Waals surface area contributed by atoms with E-state index in [4.69, 9.17) is 17.5 Å². The maximum Gasteiger partial charge on any atom is 0.496 e. The number of nitrogens with zero attached hydrogens (tertiary/aromatic N) is 1. The van der Waals surface area contributed by atoms with E-state index in [0.717, 1.165) is 0 Å². The zero-order valence-corrected chi connectivity index (χ0v) is 10.3. The lowest BCUT2D eigenvalue weighted by Gasteiger charge is -2.32. The third-order valence-corrected chi connectivity index (χ3v) is 3.22. The summed E-state index contributed by atoms with van der Waals surface area (Å²) >= 11 is 0. The Kier molecular flexibility index (Phi) is 1.57. The van der Waals surface area contributed by atoms with E-state index in [1.807, 2.05) is 27.7 Å². The Hall–Kier alpha value is -1.13. The zero-order valence-electron chi connectivity index (χ0n) is 16.3. The molecule has 0 aromatic carbocycles. The fourth-order valence-corrected chi connectivity index (χ4v) is 1.47. The van der Waals surface area contributed by atoms with Gasteiger partial charge in [0.05, 0.1) is 19.4 Å². The molecule has 2 rings (SSSR count). The summed E-state index contributed by atoms with van der Waals surface area (Å²) in [6.45, 7) is 6.49. The van der Waals surface area contributed by atoms with Crippen LogP contribution in [0.4, 0.5) is 0 Å². The molecule has 1 aromatic rings. The molecule has 0 bridgehead atoms. The van der Waals surface area contributed by atoms with Crippen molar-refractivity contribution in [2.45, 2.75) is 38.9 Å². The standard InChI is InChI=1S/C13H18BNO2/c1-6-10-7-11(9-15-8-10)14-16-12(2,3)13(4,5)17-14/h6-9H,1H2,2-5H3/i1D2,6D,7D,8D,9D. The molecule has 0 N–H and O–H groups in total. The van der Waals surface area contributed by atoms with Gasteiger partial charge in [-0.2, -0.15) is 0 Å². The second-order valence-electron chi connectivity index (χ2n) is 4.96. The monoisotopic (exact) mass is 237 g/mol. The van der Waals surface area contributed by atoms with Crippen LogP contribution in [0.15, 0.2) is 24.9 Å². The lowest BCUT2D eigenvalue weighted by molar-refractivity contribution is 0.00578. The number of pyridine rings is 1. The minimum Gasteiger partial charge on any atom is -0.399 e. The summed E-state index contributed by atoms with van der Waals surface area (Å²) in [5.41, 5.74) is -1.62. The van der Waals surface area contributed by atoms with E-state index in [1.165, 1.54) is 0 Å². The molecule has 1 aliphatic rings. The van der Waals surface area contributed by atoms with E-state index >= 15 is 0 Å². The molecule has 0 unspecified atom stereocenters. The van der Waals surface area contributed by atoms with E-state index in [-0.39, 0.29) is 23.2 Å². The molecule has 0 radical (unpaired) electrons. The normalized spacial score (nSPS) is 26.2. The maximum absolute atomic E-state index is 8.21. The van der Waals surface area contributed by atoms with Crippen LogP contribution >= 0.6 is 0 Å². The number of rotatable bonds is 2. The Balaban J connectivity index is 2.62. The first-order valence-corrected chi connectivity index (χ1v) is 5.37. The smallest absolute Gasteiger partial charge is 0.399 e. The number of hydrogen-bond donors (Lipinski definition) is 0. The minimum atomic E-state index is -1.03. The van der Waals surface area contributed by atoms with Gasteiger partial charge in [-0.3, -0.25) is 4.98 Å². The number of aromatic nitrogens is 1. The Morgan fingerprint density at radius 2 is 2.06 bits per heavy atom. The van der Waals surface area contributed by atoms with Gasteiger partial charge in [-0.1, -0.05) is 18.6 Å². The summed E-state index contributed by atoms with van der Waals surface area (Å²) in [5, 5.41) is 0. The van der Waals surface area contributed by atoms with Crippen LogP contribution < -0.4 is 5.46 Å². The quantitative estimate of drug-likeness (QED) is 0.737. The predicted octanol–water partition coefficient (Wildman–Crippen LogP) is 2.02. The van der Waals surface area contributed by atoms with Crippen LogP contribution in [-0.4, -0.2) is 23.3 Å². The van der Waals surface area contributed by atoms with Gasteiger partial charge in [0, 0.05) is 17.8 Å². The first kappa shape index (κ1) is 6.71. The molecule has 1 fully saturated rings. The fourth-order valence-electron chi connectivity index (χ4n) is 1.47. The van der Waals surface area contributed by atoms with Gasteiger partial charge >= 0.3 is 7.12 Å². The van der Waals surface area contributed by atoms with E-state index in [0.29, 0.717) is 0 Å². The van der Waals surface area contributed by atoms with Gasteiger partial charge in [0.2, 0.25) is 0 Å². The van der Waals surface area contributed by atoms with Crippen molar-refractivity contribution < 1.29 is 17.5 Å². The predicted molar refractivity (Wildman–Crippen MR) is 70.0 cm³/mol. The van der Waals surface area contributed by atoms with Crippen molar-refractivity contribution in [3.05, 3.63) is 30.5 Å². The van der Waals surface area contributed by atoms with Gasteiger partial charge < -0.3 is 9.31 Å². The minimum absolute atomic E-state index is 0.000602. The molecular formula is C13H18BNO2. The second kappa shape index (κ2) is 3.96. The lowest BCUT2D eigenvalue weighted by atomic mass is 9.80. The summed E-state index contributed by atoms with van der Waals surface area (Å²) < 4.78 is 57.7. The van der Waals surface area contributed by atoms with Gasteiger partial charge in [0.15, 0.2) is 0 Å². The third-order valence-electron chi connectivity index (χ3n) is 3.22. The van der Waals surface area contributed by atoms with Crippen LogP contribution in [0.3, 0.4) is 0 Å². The van der Waals surface area contributed by atoms with Crippen molar-refractivity contribution in [2.24, 2.45) is 0 Å². The molecule has 1 aliphatic heterocycles. The molecule has 90 valence electrons. The number of hydrogen-bond acceptors (Lipinski definition) is 3. The van der Waals surface area contributed by atoms with Gasteiger partial charge in [-0.15, -0.1) is 0 Å². The van der Waals surface area contributed by atoms with Gasteiger partial charge in [0.1, 0.15) is 0 Å². The van der Waals surface area contributed by atoms with Crippen LogP contribution in [0.1, 0.15) is 41.5 Å². The van der Waals surface area contributed by atoms with Crippen LogP contribution in [0.25, 0.3) is 6.05 Å². The SMILES string of the molecule is [2H]C([2H])=C([2H])c1c([2H])nc([2H])c(B2OC(C)(C)C(C)(C)O2)c1[2H]. The molecule has 0 amide bonds. The van der Waals surface area contributed by atoms with Crippen LogP contribution in [0.2, 0.25) is 0 Å². The lowest BCUT2D eigenvalue weighted by Crippen LogP contribution is -2.41. The van der Waals surface area contributed by atoms with Crippen molar-refractivity contribution in [1.29, 1.82) is 0 Å². The van der Waals surface area contributed by atoms with Crippen molar-refractivity contribution in [2.75, 3.05) is 0 Å². The molecule has 3 nitrogen and oxygen atoms in total. The van der Waals surface area contributed by atoms with Crippen LogP contribution in [-0.2, 0) is 9.31 Å². The van der Waals surface area contributed by atoms with Crippen molar-refractivity contribution in [3.8, 4) is 0 Å². The molecule has 2 heterocycles. The summed E-state index contributed by atoms with van der Waals surface area (Å²) in [7, 11) is -1.03. The topological polar surface area (TPSA) is 31.4 Å². The summed E-state index contributed by atoms with van der Waals surface area (Å²) in [6, 6.07) is -0.930. The second-order valence-corrected chi connectivity index (χ2v) is 4.96. The highest BCUT2D eigenvalue weighted by Crippen LogP contribution is 2.36. The van der Waals surface area contributed by atoms with E-state index < -0.39 is 37.1 Å². The highest BCUT2D eigenvalue weighted by atomic mass is 16.7. The van der Waals surface area contributed by atoms with E-state index in [1.54, 1.807) is 0 Å². The molecule has 0 aliphatic carbocycles. The zero-order chi connectivity index (χ0) is 17.7. The van der Waals surface area contributed by atoms with Gasteiger partial charge in [0.25, 0.3) is 0 Å². The first-order chi connectivity index (χ1) is 10.4. The highest BCUT2D eigenvalue weighted by molar-refractivity contribution is 6.62. The molecule has 0 saturated carbocycles. The first-order valence-electron chi connectivity index (χ1n) is 8.37. The largest absolute Gasteiger partial charge is 0.496 e. The van der Waals surface area contributed by atoms with Crippen LogP contribution in [0, 0.1) is 0 Å². The Morgan fingerprint density at radius 1 is 1.41 bits per heavy atom. The molecule has 1 saturated heterocycles. The van der Waals surface area contributed by atoms with Crippen molar-refractivity contribution >= 4 is 18.6 Å². The van der Waals surface area contributed by atoms with Crippen molar-refractivity contribution in [1.82, 2.24) is 4.98 Å². The molecule has 17 heavy (non-hydrogen) atoms. The molecule has 4 heteroatoms. The molecule has 0 atom stereocenters. The van der Waals surface area contributed by atoms with E-state index in [2.05, 4.69) is 4.98 Å². The Morgan fingerprint density at radius 3 is 2.65 bits per heavy atom. The van der Waals surface area contributed by atoms with Gasteiger partial charge in [-0.25, -0.2) is 0 Å².